The van der Waals surface area contributed by atoms with Crippen molar-refractivity contribution in [3.63, 3.8) is 0 Å². The van der Waals surface area contributed by atoms with E-state index < -0.39 is 74.0 Å². The van der Waals surface area contributed by atoms with Crippen molar-refractivity contribution in [2.24, 2.45) is 0 Å². The SMILES string of the molecule is C=C(C)C(=O)OC[C@H]1O[C@H](O[C@H]2O[C@H](CCO)[C@@H](O)[C@H](O)[C@H]2O)[C@H](O)[C@@H](O)[C@@H]1O. The minimum absolute atomic E-state index is 0.0697. The lowest BCUT2D eigenvalue weighted by Gasteiger charge is -2.44. The Hall–Kier alpha value is -1.19. The number of esters is 1. The van der Waals surface area contributed by atoms with Gasteiger partial charge < -0.3 is 54.7 Å². The Bertz CT molecular complexity index is 571. The van der Waals surface area contributed by atoms with Gasteiger partial charge in [-0.05, 0) is 13.3 Å². The Labute approximate surface area is 166 Å². The van der Waals surface area contributed by atoms with Gasteiger partial charge in [-0.25, -0.2) is 4.79 Å². The molecule has 29 heavy (non-hydrogen) atoms. The molecule has 10 atom stereocenters. The van der Waals surface area contributed by atoms with E-state index in [2.05, 4.69) is 6.58 Å². The molecule has 0 spiro atoms. The van der Waals surface area contributed by atoms with Crippen LogP contribution < -0.4 is 0 Å². The lowest BCUT2D eigenvalue weighted by Crippen LogP contribution is -2.63. The summed E-state index contributed by atoms with van der Waals surface area (Å²) in [7, 11) is 0. The number of hydrogen-bond donors (Lipinski definition) is 7. The zero-order valence-electron chi connectivity index (χ0n) is 15.8. The van der Waals surface area contributed by atoms with Crippen molar-refractivity contribution in [2.45, 2.75) is 74.8 Å². The zero-order valence-corrected chi connectivity index (χ0v) is 15.8. The van der Waals surface area contributed by atoms with Crippen molar-refractivity contribution in [2.75, 3.05) is 13.2 Å². The normalized spacial score (nSPS) is 43.0. The minimum atomic E-state index is -1.77. The third kappa shape index (κ3) is 5.49. The second-order valence-electron chi connectivity index (χ2n) is 7.06. The molecule has 0 bridgehead atoms. The summed E-state index contributed by atoms with van der Waals surface area (Å²) in [6.07, 6.45) is -15.7. The van der Waals surface area contributed by atoms with Crippen molar-refractivity contribution >= 4 is 5.97 Å². The molecule has 0 unspecified atom stereocenters. The fourth-order valence-electron chi connectivity index (χ4n) is 2.97. The van der Waals surface area contributed by atoms with Gasteiger partial charge in [0.25, 0.3) is 0 Å². The average molecular weight is 424 g/mol. The summed E-state index contributed by atoms with van der Waals surface area (Å²) in [6, 6.07) is 0. The zero-order chi connectivity index (χ0) is 21.9. The van der Waals surface area contributed by atoms with Gasteiger partial charge in [0.15, 0.2) is 12.6 Å². The lowest BCUT2D eigenvalue weighted by atomic mass is 9.96. The molecule has 2 aliphatic rings. The molecule has 2 rings (SSSR count). The summed E-state index contributed by atoms with van der Waals surface area (Å²) in [5, 5.41) is 69.2. The molecule has 0 radical (unpaired) electrons. The molecule has 12 heteroatoms. The third-order valence-corrected chi connectivity index (χ3v) is 4.75. The number of aliphatic hydroxyl groups is 7. The number of hydrogen-bond acceptors (Lipinski definition) is 12. The van der Waals surface area contributed by atoms with Crippen molar-refractivity contribution in [3.05, 3.63) is 12.2 Å². The van der Waals surface area contributed by atoms with Gasteiger partial charge in [-0.2, -0.15) is 0 Å². The van der Waals surface area contributed by atoms with Crippen LogP contribution in [-0.2, 0) is 23.7 Å². The van der Waals surface area contributed by atoms with E-state index in [1.165, 1.54) is 6.92 Å². The van der Waals surface area contributed by atoms with Crippen molar-refractivity contribution in [1.29, 1.82) is 0 Å². The Morgan fingerprint density at radius 1 is 0.862 bits per heavy atom. The molecule has 0 aromatic rings. The van der Waals surface area contributed by atoms with Gasteiger partial charge >= 0.3 is 5.97 Å². The molecular weight excluding hydrogens is 396 g/mol. The van der Waals surface area contributed by atoms with E-state index in [9.17, 15) is 35.4 Å². The van der Waals surface area contributed by atoms with Gasteiger partial charge in [0.2, 0.25) is 0 Å². The number of rotatable bonds is 7. The van der Waals surface area contributed by atoms with Crippen molar-refractivity contribution < 1.29 is 59.5 Å². The molecule has 2 heterocycles. The first-order valence-corrected chi connectivity index (χ1v) is 9.06. The second kappa shape index (κ2) is 10.2. The molecule has 12 nitrogen and oxygen atoms in total. The van der Waals surface area contributed by atoms with Gasteiger partial charge in [-0.1, -0.05) is 6.58 Å². The first-order chi connectivity index (χ1) is 13.6. The Balaban J connectivity index is 2.07. The molecule has 2 saturated heterocycles. The van der Waals surface area contributed by atoms with Crippen LogP contribution in [0.5, 0.6) is 0 Å². The molecule has 0 aliphatic carbocycles. The molecule has 2 fully saturated rings. The predicted molar refractivity (Wildman–Crippen MR) is 91.9 cm³/mol. The standard InChI is InChI=1S/C17H28O12/c1-6(2)15(25)26-5-8-10(20)12(22)14(24)17(28-8)29-16-13(23)11(21)9(19)7(27-16)3-4-18/h7-14,16-24H,1,3-5H2,2H3/t7-,8-,9-,10-,11+,12+,13-,14-,16-,17-/m1/s1. The molecule has 0 saturated carbocycles. The largest absolute Gasteiger partial charge is 0.459 e. The van der Waals surface area contributed by atoms with Crippen molar-refractivity contribution in [1.82, 2.24) is 0 Å². The maximum Gasteiger partial charge on any atom is 0.333 e. The van der Waals surface area contributed by atoms with Crippen LogP contribution in [0.25, 0.3) is 0 Å². The number of aliphatic hydroxyl groups excluding tert-OH is 7. The minimum Gasteiger partial charge on any atom is -0.459 e. The van der Waals surface area contributed by atoms with Crippen LogP contribution in [0, 0.1) is 0 Å². The predicted octanol–water partition coefficient (Wildman–Crippen LogP) is -3.88. The van der Waals surface area contributed by atoms with E-state index in [1.807, 2.05) is 0 Å². The highest BCUT2D eigenvalue weighted by Gasteiger charge is 2.49. The Morgan fingerprint density at radius 3 is 1.83 bits per heavy atom. The lowest BCUT2D eigenvalue weighted by molar-refractivity contribution is -0.375. The van der Waals surface area contributed by atoms with Crippen LogP contribution in [0.1, 0.15) is 13.3 Å². The van der Waals surface area contributed by atoms with E-state index in [0.717, 1.165) is 0 Å². The smallest absolute Gasteiger partial charge is 0.333 e. The Morgan fingerprint density at radius 2 is 1.34 bits per heavy atom. The molecule has 168 valence electrons. The van der Waals surface area contributed by atoms with E-state index in [-0.39, 0.29) is 18.6 Å². The highest BCUT2D eigenvalue weighted by atomic mass is 16.8. The van der Waals surface area contributed by atoms with E-state index in [1.54, 1.807) is 0 Å². The van der Waals surface area contributed by atoms with Crippen LogP contribution in [0.4, 0.5) is 0 Å². The molecule has 7 N–H and O–H groups in total. The first-order valence-electron chi connectivity index (χ1n) is 9.06. The second-order valence-corrected chi connectivity index (χ2v) is 7.06. The van der Waals surface area contributed by atoms with Crippen LogP contribution in [0.3, 0.4) is 0 Å². The maximum absolute atomic E-state index is 11.5. The van der Waals surface area contributed by atoms with E-state index >= 15 is 0 Å². The van der Waals surface area contributed by atoms with Gasteiger partial charge in [-0.3, -0.25) is 0 Å². The molecular formula is C17H28O12. The highest BCUT2D eigenvalue weighted by molar-refractivity contribution is 5.86. The fourth-order valence-corrected chi connectivity index (χ4v) is 2.97. The molecule has 2 aliphatic heterocycles. The topological polar surface area (TPSA) is 196 Å². The van der Waals surface area contributed by atoms with Crippen LogP contribution in [-0.4, -0.2) is 116 Å². The number of ether oxygens (including phenoxy) is 4. The number of carbonyl (C=O) groups is 1. The van der Waals surface area contributed by atoms with Crippen LogP contribution in [0.15, 0.2) is 12.2 Å². The maximum atomic E-state index is 11.5. The summed E-state index contributed by atoms with van der Waals surface area (Å²) >= 11 is 0. The molecule has 0 aromatic heterocycles. The highest BCUT2D eigenvalue weighted by Crippen LogP contribution is 2.29. The van der Waals surface area contributed by atoms with Gasteiger partial charge in [-0.15, -0.1) is 0 Å². The Kier molecular flexibility index (Phi) is 8.48. The first kappa shape index (κ1) is 24.1. The van der Waals surface area contributed by atoms with Gasteiger partial charge in [0, 0.05) is 12.2 Å². The van der Waals surface area contributed by atoms with Crippen LogP contribution in [0.2, 0.25) is 0 Å². The summed E-state index contributed by atoms with van der Waals surface area (Å²) in [5.74, 6) is -0.756. The third-order valence-electron chi connectivity index (χ3n) is 4.75. The average Bonchev–Trinajstić information content (AvgIpc) is 2.68. The summed E-state index contributed by atoms with van der Waals surface area (Å²) < 4.78 is 20.9. The van der Waals surface area contributed by atoms with Gasteiger partial charge in [0.05, 0.1) is 6.10 Å². The monoisotopic (exact) mass is 424 g/mol. The van der Waals surface area contributed by atoms with E-state index in [0.29, 0.717) is 0 Å². The van der Waals surface area contributed by atoms with Crippen LogP contribution >= 0.6 is 0 Å². The van der Waals surface area contributed by atoms with Gasteiger partial charge in [0.1, 0.15) is 49.3 Å². The number of carbonyl (C=O) groups excluding carboxylic acids is 1. The summed E-state index contributed by atoms with van der Waals surface area (Å²) in [6.45, 7) is 3.95. The van der Waals surface area contributed by atoms with E-state index in [4.69, 9.17) is 24.1 Å². The van der Waals surface area contributed by atoms with Crippen molar-refractivity contribution in [3.8, 4) is 0 Å². The molecule has 0 amide bonds. The quantitative estimate of drug-likeness (QED) is 0.155. The summed E-state index contributed by atoms with van der Waals surface area (Å²) in [5.41, 5.74) is 0.102. The fraction of sp³-hybridized carbons (Fsp3) is 0.824. The molecule has 0 aromatic carbocycles. The summed E-state index contributed by atoms with van der Waals surface area (Å²) in [4.78, 5) is 11.5.